The van der Waals surface area contributed by atoms with Crippen LogP contribution in [0.5, 0.6) is 5.75 Å². The molecule has 0 atom stereocenters. The topological polar surface area (TPSA) is 35.5 Å². The molecule has 0 aliphatic carbocycles. The lowest BCUT2D eigenvalue weighted by molar-refractivity contribution is -0.140. The lowest BCUT2D eigenvalue weighted by Crippen LogP contribution is -2.02. The minimum Gasteiger partial charge on any atom is -0.489 e. The Kier molecular flexibility index (Phi) is 6.05. The van der Waals surface area contributed by atoms with Crippen molar-refractivity contribution >= 4 is 5.97 Å². The van der Waals surface area contributed by atoms with Crippen LogP contribution in [0.25, 0.3) is 11.1 Å². The average Bonchev–Trinajstić information content (AvgIpc) is 2.71. The first kappa shape index (κ1) is 17.7. The minimum atomic E-state index is -0.201. The molecule has 0 fully saturated rings. The van der Waals surface area contributed by atoms with Gasteiger partial charge in [0.2, 0.25) is 0 Å². The first-order valence-electron chi connectivity index (χ1n) is 8.68. The van der Waals surface area contributed by atoms with Gasteiger partial charge < -0.3 is 9.47 Å². The largest absolute Gasteiger partial charge is 0.489 e. The van der Waals surface area contributed by atoms with Gasteiger partial charge in [-0.15, -0.1) is 0 Å². The van der Waals surface area contributed by atoms with E-state index < -0.39 is 0 Å². The first-order valence-corrected chi connectivity index (χ1v) is 8.68. The molecule has 3 heteroatoms. The molecule has 132 valence electrons. The van der Waals surface area contributed by atoms with Crippen LogP contribution >= 0.6 is 0 Å². The fourth-order valence-electron chi connectivity index (χ4n) is 2.85. The maximum absolute atomic E-state index is 11.3. The molecule has 3 rings (SSSR count). The molecule has 0 saturated carbocycles. The van der Waals surface area contributed by atoms with Crippen molar-refractivity contribution in [2.24, 2.45) is 0 Å². The zero-order chi connectivity index (χ0) is 18.2. The molecule has 0 aliphatic rings. The summed E-state index contributed by atoms with van der Waals surface area (Å²) in [4.78, 5) is 11.3. The van der Waals surface area contributed by atoms with Gasteiger partial charge in [0.25, 0.3) is 0 Å². The second-order valence-corrected chi connectivity index (χ2v) is 6.04. The predicted molar refractivity (Wildman–Crippen MR) is 103 cm³/mol. The van der Waals surface area contributed by atoms with Crippen LogP contribution in [0.3, 0.4) is 0 Å². The summed E-state index contributed by atoms with van der Waals surface area (Å²) in [5.74, 6) is 0.600. The number of hydrogen-bond acceptors (Lipinski definition) is 3. The van der Waals surface area contributed by atoms with Gasteiger partial charge in [0.05, 0.1) is 7.11 Å². The van der Waals surface area contributed by atoms with E-state index >= 15 is 0 Å². The quantitative estimate of drug-likeness (QED) is 0.562. The van der Waals surface area contributed by atoms with Gasteiger partial charge in [-0.2, -0.15) is 0 Å². The molecule has 0 bridgehead atoms. The van der Waals surface area contributed by atoms with E-state index in [1.54, 1.807) is 0 Å². The van der Waals surface area contributed by atoms with Gasteiger partial charge >= 0.3 is 5.97 Å². The zero-order valence-electron chi connectivity index (χ0n) is 14.9. The van der Waals surface area contributed by atoms with E-state index in [2.05, 4.69) is 24.3 Å². The third-order valence-corrected chi connectivity index (χ3v) is 4.24. The van der Waals surface area contributed by atoms with Crippen molar-refractivity contribution in [3.05, 3.63) is 90.0 Å². The van der Waals surface area contributed by atoms with Crippen LogP contribution in [0, 0.1) is 0 Å². The number of benzene rings is 3. The normalized spacial score (nSPS) is 10.3. The third-order valence-electron chi connectivity index (χ3n) is 4.24. The minimum absolute atomic E-state index is 0.201. The van der Waals surface area contributed by atoms with Crippen molar-refractivity contribution in [2.45, 2.75) is 19.4 Å². The summed E-state index contributed by atoms with van der Waals surface area (Å²) in [6.07, 6.45) is 1.02. The first-order chi connectivity index (χ1) is 12.8. The molecule has 0 aromatic heterocycles. The van der Waals surface area contributed by atoms with Gasteiger partial charge in [0.15, 0.2) is 0 Å². The number of carbonyl (C=O) groups excluding carboxylic acids is 1. The van der Waals surface area contributed by atoms with Crippen molar-refractivity contribution in [3.8, 4) is 16.9 Å². The lowest BCUT2D eigenvalue weighted by Gasteiger charge is -2.12. The summed E-state index contributed by atoms with van der Waals surface area (Å²) >= 11 is 0. The highest BCUT2D eigenvalue weighted by Crippen LogP contribution is 2.25. The standard InChI is InChI=1S/C23H22O3/c1-25-23(24)15-14-18-8-7-12-21(16-18)26-17-20-11-5-6-13-22(20)19-9-3-2-4-10-19/h2-13,16H,14-15,17H2,1H3. The summed E-state index contributed by atoms with van der Waals surface area (Å²) in [7, 11) is 1.41. The SMILES string of the molecule is COC(=O)CCc1cccc(OCc2ccccc2-c2ccccc2)c1. The van der Waals surface area contributed by atoms with Crippen molar-refractivity contribution in [2.75, 3.05) is 7.11 Å². The average molecular weight is 346 g/mol. The summed E-state index contributed by atoms with van der Waals surface area (Å²) in [5, 5.41) is 0. The Morgan fingerprint density at radius 1 is 0.885 bits per heavy atom. The van der Waals surface area contributed by atoms with E-state index in [4.69, 9.17) is 9.47 Å². The molecule has 3 aromatic carbocycles. The van der Waals surface area contributed by atoms with Crippen molar-refractivity contribution < 1.29 is 14.3 Å². The Morgan fingerprint density at radius 3 is 2.46 bits per heavy atom. The summed E-state index contributed by atoms with van der Waals surface area (Å²) in [6.45, 7) is 0.492. The van der Waals surface area contributed by atoms with Crippen LogP contribution in [0.1, 0.15) is 17.5 Å². The van der Waals surface area contributed by atoms with Gasteiger partial charge in [-0.25, -0.2) is 0 Å². The number of hydrogen-bond donors (Lipinski definition) is 0. The second-order valence-electron chi connectivity index (χ2n) is 6.04. The van der Waals surface area contributed by atoms with Crippen LogP contribution < -0.4 is 4.74 Å². The van der Waals surface area contributed by atoms with E-state index in [-0.39, 0.29) is 5.97 Å². The van der Waals surface area contributed by atoms with E-state index in [1.165, 1.54) is 18.2 Å². The smallest absolute Gasteiger partial charge is 0.305 e. The number of aryl methyl sites for hydroxylation is 1. The molecule has 0 saturated heterocycles. The number of carbonyl (C=O) groups is 1. The highest BCUT2D eigenvalue weighted by atomic mass is 16.5. The van der Waals surface area contributed by atoms with Crippen LogP contribution in [0.2, 0.25) is 0 Å². The Bertz CT molecular complexity index is 856. The molecule has 3 nitrogen and oxygen atoms in total. The summed E-state index contributed by atoms with van der Waals surface area (Å²) in [6, 6.07) is 26.4. The fourth-order valence-corrected chi connectivity index (χ4v) is 2.85. The maximum Gasteiger partial charge on any atom is 0.305 e. The predicted octanol–water partition coefficient (Wildman–Crippen LogP) is 5.04. The highest BCUT2D eigenvalue weighted by molar-refractivity contribution is 5.69. The highest BCUT2D eigenvalue weighted by Gasteiger charge is 2.06. The summed E-state index contributed by atoms with van der Waals surface area (Å²) < 4.78 is 10.7. The van der Waals surface area contributed by atoms with E-state index in [0.29, 0.717) is 19.4 Å². The molecule has 0 aliphatic heterocycles. The Labute approximate surface area is 154 Å². The molecule has 0 radical (unpaired) electrons. The number of methoxy groups -OCH3 is 1. The monoisotopic (exact) mass is 346 g/mol. The fraction of sp³-hybridized carbons (Fsp3) is 0.174. The Hall–Kier alpha value is -3.07. The van der Waals surface area contributed by atoms with E-state index in [9.17, 15) is 4.79 Å². The number of ether oxygens (including phenoxy) is 2. The molecule has 0 spiro atoms. The summed E-state index contributed by atoms with van der Waals surface area (Å²) in [5.41, 5.74) is 4.55. The molecule has 0 heterocycles. The molecular weight excluding hydrogens is 324 g/mol. The molecule has 0 N–H and O–H groups in total. The molecule has 26 heavy (non-hydrogen) atoms. The van der Waals surface area contributed by atoms with Crippen molar-refractivity contribution in [1.82, 2.24) is 0 Å². The van der Waals surface area contributed by atoms with Crippen molar-refractivity contribution in [1.29, 1.82) is 0 Å². The van der Waals surface area contributed by atoms with Crippen LogP contribution in [-0.2, 0) is 22.6 Å². The second kappa shape index (κ2) is 8.86. The van der Waals surface area contributed by atoms with Gasteiger partial charge in [0, 0.05) is 6.42 Å². The van der Waals surface area contributed by atoms with Crippen LogP contribution in [0.4, 0.5) is 0 Å². The van der Waals surface area contributed by atoms with Crippen molar-refractivity contribution in [3.63, 3.8) is 0 Å². The lowest BCUT2D eigenvalue weighted by atomic mass is 10.0. The molecule has 3 aromatic rings. The number of rotatable bonds is 7. The Balaban J connectivity index is 1.69. The third kappa shape index (κ3) is 4.73. The van der Waals surface area contributed by atoms with E-state index in [1.807, 2.05) is 54.6 Å². The maximum atomic E-state index is 11.3. The number of esters is 1. The van der Waals surface area contributed by atoms with Gasteiger partial charge in [0.1, 0.15) is 12.4 Å². The van der Waals surface area contributed by atoms with Crippen LogP contribution in [-0.4, -0.2) is 13.1 Å². The Morgan fingerprint density at radius 2 is 1.65 bits per heavy atom. The molecule has 0 amide bonds. The van der Waals surface area contributed by atoms with Gasteiger partial charge in [-0.3, -0.25) is 4.79 Å². The molecular formula is C23H22O3. The van der Waals surface area contributed by atoms with Crippen LogP contribution in [0.15, 0.2) is 78.9 Å². The van der Waals surface area contributed by atoms with E-state index in [0.717, 1.165) is 16.9 Å². The molecule has 0 unspecified atom stereocenters. The zero-order valence-corrected chi connectivity index (χ0v) is 14.9. The van der Waals surface area contributed by atoms with Gasteiger partial charge in [-0.1, -0.05) is 66.7 Å². The van der Waals surface area contributed by atoms with Gasteiger partial charge in [-0.05, 0) is 40.8 Å².